The minimum atomic E-state index is -1.20. The van der Waals surface area contributed by atoms with Crippen molar-refractivity contribution in [3.05, 3.63) is 11.6 Å². The first-order chi connectivity index (χ1) is 7.15. The molecule has 0 rings (SSSR count). The number of ether oxygens (including phenoxy) is 1. The van der Waals surface area contributed by atoms with Gasteiger partial charge < -0.3 is 9.84 Å². The van der Waals surface area contributed by atoms with Crippen molar-refractivity contribution in [2.75, 3.05) is 6.61 Å². The molecule has 4 nitrogen and oxygen atoms in total. The topological polar surface area (TPSA) is 70.3 Å². The molecule has 0 amide bonds. The van der Waals surface area contributed by atoms with Gasteiger partial charge in [-0.1, -0.05) is 20.3 Å². The van der Waals surface area contributed by atoms with Crippen LogP contribution in [0.3, 0.4) is 0 Å². The fraction of sp³-hybridized carbons (Fsp3) is 0.636. The van der Waals surface area contributed by atoms with Gasteiger partial charge in [0.05, 0.1) is 6.10 Å². The molecular weight excluding hydrogens is 194 g/mol. The highest BCUT2D eigenvalue weighted by Gasteiger charge is 2.10. The molecule has 0 radical (unpaired) electrons. The number of nitriles is 1. The van der Waals surface area contributed by atoms with E-state index in [0.717, 1.165) is 12.8 Å². The fourth-order valence-corrected chi connectivity index (χ4v) is 1.01. The van der Waals surface area contributed by atoms with Gasteiger partial charge in [-0.25, -0.2) is 4.79 Å². The summed E-state index contributed by atoms with van der Waals surface area (Å²) in [6.45, 7) is 4.55. The Labute approximate surface area is 90.2 Å². The van der Waals surface area contributed by atoms with E-state index in [1.54, 1.807) is 6.07 Å². The van der Waals surface area contributed by atoms with Gasteiger partial charge in [-0.05, 0) is 18.9 Å². The molecular formula is C11H17NO3. The number of carbonyl (C=O) groups is 1. The van der Waals surface area contributed by atoms with E-state index >= 15 is 0 Å². The van der Waals surface area contributed by atoms with Crippen LogP contribution in [0.25, 0.3) is 0 Å². The second-order valence-corrected chi connectivity index (χ2v) is 3.17. The van der Waals surface area contributed by atoms with Crippen LogP contribution in [0, 0.1) is 11.3 Å². The van der Waals surface area contributed by atoms with Crippen LogP contribution in [-0.2, 0) is 9.53 Å². The Kier molecular flexibility index (Phi) is 7.29. The van der Waals surface area contributed by atoms with Crippen LogP contribution in [0.5, 0.6) is 0 Å². The van der Waals surface area contributed by atoms with E-state index in [2.05, 4.69) is 6.92 Å². The lowest BCUT2D eigenvalue weighted by Gasteiger charge is -2.11. The first kappa shape index (κ1) is 13.7. The zero-order valence-electron chi connectivity index (χ0n) is 9.19. The summed E-state index contributed by atoms with van der Waals surface area (Å²) in [5.74, 6) is -1.20. The molecule has 0 heterocycles. The number of hydrogen-bond donors (Lipinski definition) is 1. The third-order valence-corrected chi connectivity index (χ3v) is 1.94. The third-order valence-electron chi connectivity index (χ3n) is 1.94. The van der Waals surface area contributed by atoms with Crippen molar-refractivity contribution in [3.63, 3.8) is 0 Å². The number of nitrogens with zero attached hydrogens (tertiary/aromatic N) is 1. The minimum absolute atomic E-state index is 0.252. The van der Waals surface area contributed by atoms with Crippen LogP contribution in [0.1, 0.15) is 33.1 Å². The summed E-state index contributed by atoms with van der Waals surface area (Å²) in [6, 6.07) is 1.64. The number of carboxylic acid groups (broad SMARTS) is 1. The van der Waals surface area contributed by atoms with Crippen LogP contribution < -0.4 is 0 Å². The summed E-state index contributed by atoms with van der Waals surface area (Å²) in [5.41, 5.74) is -0.252. The number of aliphatic carboxylic acids is 1. The van der Waals surface area contributed by atoms with Gasteiger partial charge in [0.25, 0.3) is 0 Å². The Morgan fingerprint density at radius 2 is 2.27 bits per heavy atom. The summed E-state index contributed by atoms with van der Waals surface area (Å²) < 4.78 is 5.42. The molecule has 0 spiro atoms. The predicted molar refractivity (Wildman–Crippen MR) is 56.3 cm³/mol. The number of carboxylic acids is 1. The van der Waals surface area contributed by atoms with Gasteiger partial charge in [0.1, 0.15) is 11.6 Å². The summed E-state index contributed by atoms with van der Waals surface area (Å²) in [4.78, 5) is 10.6. The van der Waals surface area contributed by atoms with Gasteiger partial charge in [-0.15, -0.1) is 0 Å². The summed E-state index contributed by atoms with van der Waals surface area (Å²) in [6.07, 6.45) is 3.74. The van der Waals surface area contributed by atoms with E-state index in [4.69, 9.17) is 15.1 Å². The quantitative estimate of drug-likeness (QED) is 0.398. The molecule has 0 aromatic heterocycles. The lowest BCUT2D eigenvalue weighted by Crippen LogP contribution is -2.12. The van der Waals surface area contributed by atoms with Crippen molar-refractivity contribution in [1.82, 2.24) is 0 Å². The maximum absolute atomic E-state index is 10.6. The third kappa shape index (κ3) is 5.87. The van der Waals surface area contributed by atoms with E-state index in [-0.39, 0.29) is 11.7 Å². The standard InChI is InChI=1S/C11H17NO3/c1-3-5-6-15-10(4-2)7-9(8-12)11(13)14/h7,10H,3-6H2,1-2H3,(H,13,14). The Morgan fingerprint density at radius 3 is 2.67 bits per heavy atom. The Hall–Kier alpha value is -1.34. The highest BCUT2D eigenvalue weighted by Crippen LogP contribution is 2.05. The van der Waals surface area contributed by atoms with E-state index in [1.165, 1.54) is 6.08 Å². The highest BCUT2D eigenvalue weighted by molar-refractivity contribution is 5.91. The average Bonchev–Trinajstić information content (AvgIpc) is 2.22. The molecule has 0 fully saturated rings. The fourth-order valence-electron chi connectivity index (χ4n) is 1.01. The molecule has 1 N–H and O–H groups in total. The van der Waals surface area contributed by atoms with E-state index in [0.29, 0.717) is 13.0 Å². The van der Waals surface area contributed by atoms with Gasteiger partial charge in [0.15, 0.2) is 0 Å². The van der Waals surface area contributed by atoms with Crippen molar-refractivity contribution >= 4 is 5.97 Å². The molecule has 0 aliphatic rings. The molecule has 0 aliphatic carbocycles. The zero-order chi connectivity index (χ0) is 11.7. The molecule has 0 saturated carbocycles. The minimum Gasteiger partial charge on any atom is -0.477 e. The highest BCUT2D eigenvalue weighted by atomic mass is 16.5. The monoisotopic (exact) mass is 211 g/mol. The second kappa shape index (κ2) is 8.01. The van der Waals surface area contributed by atoms with Crippen molar-refractivity contribution in [3.8, 4) is 6.07 Å². The van der Waals surface area contributed by atoms with Crippen LogP contribution in [0.4, 0.5) is 0 Å². The number of rotatable bonds is 7. The van der Waals surface area contributed by atoms with Gasteiger partial charge >= 0.3 is 5.97 Å². The van der Waals surface area contributed by atoms with Crippen molar-refractivity contribution in [1.29, 1.82) is 5.26 Å². The van der Waals surface area contributed by atoms with Gasteiger partial charge in [-0.2, -0.15) is 5.26 Å². The van der Waals surface area contributed by atoms with Crippen molar-refractivity contribution in [2.24, 2.45) is 0 Å². The molecule has 1 atom stereocenters. The molecule has 0 aliphatic heterocycles. The Balaban J connectivity index is 4.29. The van der Waals surface area contributed by atoms with E-state index in [9.17, 15) is 4.79 Å². The zero-order valence-corrected chi connectivity index (χ0v) is 9.19. The molecule has 0 saturated heterocycles. The van der Waals surface area contributed by atoms with Gasteiger partial charge in [0, 0.05) is 6.61 Å². The summed E-state index contributed by atoms with van der Waals surface area (Å²) >= 11 is 0. The molecule has 1 unspecified atom stereocenters. The molecule has 84 valence electrons. The average molecular weight is 211 g/mol. The maximum Gasteiger partial charge on any atom is 0.346 e. The SMILES string of the molecule is CCCCOC(C=C(C#N)C(=O)O)CC. The smallest absolute Gasteiger partial charge is 0.346 e. The molecule has 0 aromatic rings. The van der Waals surface area contributed by atoms with Crippen LogP contribution in [0.15, 0.2) is 11.6 Å². The van der Waals surface area contributed by atoms with Crippen LogP contribution in [-0.4, -0.2) is 23.8 Å². The van der Waals surface area contributed by atoms with Crippen LogP contribution in [0.2, 0.25) is 0 Å². The van der Waals surface area contributed by atoms with Crippen molar-refractivity contribution in [2.45, 2.75) is 39.2 Å². The molecule has 15 heavy (non-hydrogen) atoms. The van der Waals surface area contributed by atoms with Crippen molar-refractivity contribution < 1.29 is 14.6 Å². The first-order valence-electron chi connectivity index (χ1n) is 5.12. The predicted octanol–water partition coefficient (Wildman–Crippen LogP) is 2.12. The molecule has 0 aromatic carbocycles. The normalized spacial score (nSPS) is 13.3. The summed E-state index contributed by atoms with van der Waals surface area (Å²) in [5, 5.41) is 17.2. The van der Waals surface area contributed by atoms with Gasteiger partial charge in [0.2, 0.25) is 0 Å². The largest absolute Gasteiger partial charge is 0.477 e. The Bertz CT molecular complexity index is 265. The lowest BCUT2D eigenvalue weighted by atomic mass is 10.2. The summed E-state index contributed by atoms with van der Waals surface area (Å²) in [7, 11) is 0. The lowest BCUT2D eigenvalue weighted by molar-refractivity contribution is -0.132. The first-order valence-corrected chi connectivity index (χ1v) is 5.12. The number of unbranched alkanes of at least 4 members (excludes halogenated alkanes) is 1. The van der Waals surface area contributed by atoms with Gasteiger partial charge in [-0.3, -0.25) is 0 Å². The second-order valence-electron chi connectivity index (χ2n) is 3.17. The number of hydrogen-bond acceptors (Lipinski definition) is 3. The molecule has 4 heteroatoms. The Morgan fingerprint density at radius 1 is 1.60 bits per heavy atom. The van der Waals surface area contributed by atoms with Crippen LogP contribution >= 0.6 is 0 Å². The maximum atomic E-state index is 10.6. The molecule has 0 bridgehead atoms. The van der Waals surface area contributed by atoms with E-state index < -0.39 is 5.97 Å². The van der Waals surface area contributed by atoms with E-state index in [1.807, 2.05) is 6.92 Å².